The van der Waals surface area contributed by atoms with Crippen molar-refractivity contribution in [2.45, 2.75) is 61.4 Å². The molecule has 0 aliphatic carbocycles. The number of phenols is 1. The van der Waals surface area contributed by atoms with E-state index in [0.717, 1.165) is 0 Å². The number of hydrogen-bond acceptors (Lipinski definition) is 13. The molecule has 1 aromatic heterocycles. The Morgan fingerprint density at radius 1 is 0.878 bits per heavy atom. The molecule has 0 radical (unpaired) electrons. The lowest BCUT2D eigenvalue weighted by Crippen LogP contribution is -2.55. The number of methoxy groups -OCH3 is 1. The summed E-state index contributed by atoms with van der Waals surface area (Å²) in [7, 11) is 1.33. The normalized spacial score (nSPS) is 32.2. The van der Waals surface area contributed by atoms with E-state index in [-0.39, 0.29) is 34.5 Å². The molecule has 9 unspecified atom stereocenters. The van der Waals surface area contributed by atoms with E-state index in [9.17, 15) is 45.6 Å². The molecule has 0 spiro atoms. The van der Waals surface area contributed by atoms with E-state index in [1.807, 2.05) is 0 Å². The summed E-state index contributed by atoms with van der Waals surface area (Å²) in [5.41, 5.74) is 0.375. The van der Waals surface area contributed by atoms with Crippen molar-refractivity contribution in [3.63, 3.8) is 0 Å². The first-order valence-electron chi connectivity index (χ1n) is 13.0. The molecule has 41 heavy (non-hydrogen) atoms. The molecule has 2 aliphatic heterocycles. The van der Waals surface area contributed by atoms with Crippen molar-refractivity contribution in [2.24, 2.45) is 0 Å². The molecule has 9 atom stereocenters. The fourth-order valence-electron chi connectivity index (χ4n) is 5.42. The largest absolute Gasteiger partial charge is 0.506 e. The standard InChI is InChI=1S/C28H32O13/c1-38-16-8-18-21(25(35)22(16)17-7-14(32)23(33)19(9-29)40-17)13(31)6-15(39-18)11-2-4-12(5-3-11)28-27(37)26(36)24(34)20(10-30)41-28/h2-6,8,14,17,19-20,23-24,26-30,32-37H,7,9-10H2,1H3. The van der Waals surface area contributed by atoms with E-state index in [1.54, 1.807) is 24.3 Å². The second-order valence-electron chi connectivity index (χ2n) is 10.2. The Morgan fingerprint density at radius 3 is 2.17 bits per heavy atom. The minimum absolute atomic E-state index is 0.00119. The van der Waals surface area contributed by atoms with Crippen LogP contribution in [0, 0.1) is 0 Å². The van der Waals surface area contributed by atoms with Gasteiger partial charge in [-0.15, -0.1) is 0 Å². The van der Waals surface area contributed by atoms with Gasteiger partial charge in [-0.05, 0) is 5.56 Å². The van der Waals surface area contributed by atoms with Crippen LogP contribution in [0.4, 0.5) is 0 Å². The van der Waals surface area contributed by atoms with Crippen LogP contribution < -0.4 is 10.2 Å². The van der Waals surface area contributed by atoms with E-state index in [4.69, 9.17) is 18.6 Å². The van der Waals surface area contributed by atoms with Crippen LogP contribution in [-0.2, 0) is 9.47 Å². The summed E-state index contributed by atoms with van der Waals surface area (Å²) in [5, 5.41) is 80.8. The lowest BCUT2D eigenvalue weighted by molar-refractivity contribution is -0.231. The van der Waals surface area contributed by atoms with Crippen LogP contribution in [0.3, 0.4) is 0 Å². The minimum Gasteiger partial charge on any atom is -0.506 e. The molecular weight excluding hydrogens is 544 g/mol. The van der Waals surface area contributed by atoms with Gasteiger partial charge >= 0.3 is 0 Å². The zero-order valence-corrected chi connectivity index (χ0v) is 21.9. The highest BCUT2D eigenvalue weighted by atomic mass is 16.5. The third-order valence-electron chi connectivity index (χ3n) is 7.70. The van der Waals surface area contributed by atoms with Gasteiger partial charge in [0.2, 0.25) is 0 Å². The van der Waals surface area contributed by atoms with Gasteiger partial charge < -0.3 is 59.5 Å². The SMILES string of the molecule is COc1cc2oc(-c3ccc(C4OC(CO)C(O)C(O)C4O)cc3)cc(=O)c2c(O)c1C1CC(O)C(O)C(CO)O1. The molecule has 2 aliphatic rings. The highest BCUT2D eigenvalue weighted by Gasteiger charge is 2.44. The first-order chi connectivity index (χ1) is 19.6. The van der Waals surface area contributed by atoms with Crippen molar-refractivity contribution < 1.29 is 59.5 Å². The van der Waals surface area contributed by atoms with Gasteiger partial charge in [-0.2, -0.15) is 0 Å². The van der Waals surface area contributed by atoms with Crippen molar-refractivity contribution in [1.82, 2.24) is 0 Å². The van der Waals surface area contributed by atoms with Crippen LogP contribution in [0.1, 0.15) is 29.8 Å². The quantitative estimate of drug-likeness (QED) is 0.181. The molecule has 2 fully saturated rings. The maximum atomic E-state index is 13.2. The van der Waals surface area contributed by atoms with Gasteiger partial charge in [0, 0.05) is 24.1 Å². The maximum absolute atomic E-state index is 13.2. The molecule has 13 heteroatoms. The number of aromatic hydroxyl groups is 1. The first-order valence-corrected chi connectivity index (χ1v) is 13.0. The Bertz CT molecular complexity index is 1440. The van der Waals surface area contributed by atoms with Gasteiger partial charge in [-0.1, -0.05) is 24.3 Å². The highest BCUT2D eigenvalue weighted by molar-refractivity contribution is 5.88. The third-order valence-corrected chi connectivity index (χ3v) is 7.70. The average molecular weight is 577 g/mol. The summed E-state index contributed by atoms with van der Waals surface area (Å²) < 4.78 is 22.7. The lowest BCUT2D eigenvalue weighted by atomic mass is 9.91. The molecule has 222 valence electrons. The zero-order chi connectivity index (χ0) is 29.6. The Hall–Kier alpha value is -3.11. The van der Waals surface area contributed by atoms with Crippen LogP contribution in [0.25, 0.3) is 22.3 Å². The third kappa shape index (κ3) is 5.20. The zero-order valence-electron chi connectivity index (χ0n) is 21.9. The van der Waals surface area contributed by atoms with E-state index in [0.29, 0.717) is 11.1 Å². The summed E-state index contributed by atoms with van der Waals surface area (Å²) in [5.74, 6) is -0.244. The number of rotatable bonds is 6. The minimum atomic E-state index is -1.53. The molecule has 3 heterocycles. The van der Waals surface area contributed by atoms with Crippen LogP contribution in [0.15, 0.2) is 45.6 Å². The monoisotopic (exact) mass is 576 g/mol. The highest BCUT2D eigenvalue weighted by Crippen LogP contribution is 2.45. The van der Waals surface area contributed by atoms with Gasteiger partial charge in [-0.25, -0.2) is 0 Å². The van der Waals surface area contributed by atoms with Crippen molar-refractivity contribution in [3.8, 4) is 22.8 Å². The number of ether oxygens (including phenoxy) is 3. The number of hydrogen-bond donors (Lipinski definition) is 8. The van der Waals surface area contributed by atoms with Crippen LogP contribution >= 0.6 is 0 Å². The second kappa shape index (κ2) is 11.6. The second-order valence-corrected chi connectivity index (χ2v) is 10.2. The summed E-state index contributed by atoms with van der Waals surface area (Å²) in [6.07, 6.45) is -11.4. The van der Waals surface area contributed by atoms with E-state index in [2.05, 4.69) is 0 Å². The molecule has 2 saturated heterocycles. The first kappa shape index (κ1) is 29.4. The van der Waals surface area contributed by atoms with Gasteiger partial charge in [0.15, 0.2) is 5.43 Å². The molecule has 8 N–H and O–H groups in total. The summed E-state index contributed by atoms with van der Waals surface area (Å²) >= 11 is 0. The number of aliphatic hydroxyl groups excluding tert-OH is 7. The number of fused-ring (bicyclic) bond motifs is 1. The van der Waals surface area contributed by atoms with Crippen molar-refractivity contribution in [3.05, 3.63) is 57.7 Å². The molecule has 13 nitrogen and oxygen atoms in total. The maximum Gasteiger partial charge on any atom is 0.197 e. The Balaban J connectivity index is 1.49. The predicted octanol–water partition coefficient (Wildman–Crippen LogP) is -0.767. The number of aliphatic hydroxyl groups is 7. The smallest absolute Gasteiger partial charge is 0.197 e. The van der Waals surface area contributed by atoms with Gasteiger partial charge in [0.05, 0.1) is 38.1 Å². The topological polar surface area (TPSA) is 220 Å². The fraction of sp³-hybridized carbons (Fsp3) is 0.464. The van der Waals surface area contributed by atoms with Crippen molar-refractivity contribution in [1.29, 1.82) is 0 Å². The van der Waals surface area contributed by atoms with Gasteiger partial charge in [0.25, 0.3) is 0 Å². The Morgan fingerprint density at radius 2 is 1.54 bits per heavy atom. The van der Waals surface area contributed by atoms with Crippen molar-refractivity contribution >= 4 is 11.0 Å². The van der Waals surface area contributed by atoms with Crippen molar-refractivity contribution in [2.75, 3.05) is 20.3 Å². The molecule has 5 rings (SSSR count). The molecule has 3 aromatic rings. The van der Waals surface area contributed by atoms with Gasteiger partial charge in [0.1, 0.15) is 71.0 Å². The van der Waals surface area contributed by atoms with Crippen LogP contribution in [0.2, 0.25) is 0 Å². The summed E-state index contributed by atoms with van der Waals surface area (Å²) in [4.78, 5) is 13.2. The van der Waals surface area contributed by atoms with Crippen LogP contribution in [-0.4, -0.2) is 104 Å². The number of benzene rings is 2. The van der Waals surface area contributed by atoms with Gasteiger partial charge in [-0.3, -0.25) is 4.79 Å². The summed E-state index contributed by atoms with van der Waals surface area (Å²) in [6, 6.07) is 8.90. The van der Waals surface area contributed by atoms with E-state index < -0.39 is 79.3 Å². The fourth-order valence-corrected chi connectivity index (χ4v) is 5.42. The number of phenolic OH excluding ortho intramolecular Hbond substituents is 1. The molecule has 0 amide bonds. The Kier molecular flexibility index (Phi) is 8.34. The van der Waals surface area contributed by atoms with E-state index >= 15 is 0 Å². The lowest BCUT2D eigenvalue weighted by Gasteiger charge is -2.40. The average Bonchev–Trinajstić information content (AvgIpc) is 2.97. The molecule has 0 saturated carbocycles. The molecule has 2 aromatic carbocycles. The van der Waals surface area contributed by atoms with Crippen LogP contribution in [0.5, 0.6) is 11.5 Å². The Labute approximate surface area is 233 Å². The summed E-state index contributed by atoms with van der Waals surface area (Å²) in [6.45, 7) is -1.14. The predicted molar refractivity (Wildman–Crippen MR) is 140 cm³/mol. The van der Waals surface area contributed by atoms with E-state index in [1.165, 1.54) is 19.2 Å². The molecular formula is C28H32O13. The molecule has 0 bridgehead atoms.